The molecule has 2 heterocycles. The lowest BCUT2D eigenvalue weighted by Crippen LogP contribution is -2.36. The van der Waals surface area contributed by atoms with Crippen molar-refractivity contribution >= 4 is 28.0 Å². The molecule has 0 aliphatic carbocycles. The van der Waals surface area contributed by atoms with Crippen LogP contribution in [0.25, 0.3) is 0 Å². The molecule has 0 saturated carbocycles. The number of hydrogen-bond donors (Lipinski definition) is 0. The van der Waals surface area contributed by atoms with Crippen LogP contribution in [0.3, 0.4) is 0 Å². The summed E-state index contributed by atoms with van der Waals surface area (Å²) in [6.45, 7) is 6.26. The van der Waals surface area contributed by atoms with Crippen LogP contribution < -0.4 is 5.56 Å². The Labute approximate surface area is 148 Å². The third-order valence-electron chi connectivity index (χ3n) is 3.63. The first kappa shape index (κ1) is 18.5. The summed E-state index contributed by atoms with van der Waals surface area (Å²) in [4.78, 5) is 37.8. The molecule has 8 heteroatoms. The summed E-state index contributed by atoms with van der Waals surface area (Å²) < 4.78 is 11.8. The SMILES string of the molecule is COC(=O)c1cc(Br)c(=O)n([C@H]2CCN(C(=O)OC(C)(C)C)C2)c1. The number of pyridine rings is 1. The number of hydrogen-bond acceptors (Lipinski definition) is 5. The second-order valence-corrected chi connectivity index (χ2v) is 7.50. The van der Waals surface area contributed by atoms with Crippen molar-refractivity contribution in [3.63, 3.8) is 0 Å². The van der Waals surface area contributed by atoms with Crippen LogP contribution in [0.5, 0.6) is 0 Å². The number of methoxy groups -OCH3 is 1. The minimum Gasteiger partial charge on any atom is -0.465 e. The average Bonchev–Trinajstić information content (AvgIpc) is 2.97. The van der Waals surface area contributed by atoms with Gasteiger partial charge in [-0.05, 0) is 49.2 Å². The van der Waals surface area contributed by atoms with Crippen LogP contribution in [0.4, 0.5) is 4.79 Å². The Balaban J connectivity index is 2.22. The standard InChI is InChI=1S/C16H21BrN2O5/c1-16(2,3)24-15(22)18-6-5-11(9-18)19-8-10(14(21)23-4)7-12(17)13(19)20/h7-8,11H,5-6,9H2,1-4H3/t11-/m0/s1. The molecule has 0 radical (unpaired) electrons. The van der Waals surface area contributed by atoms with E-state index >= 15 is 0 Å². The molecule has 1 saturated heterocycles. The summed E-state index contributed by atoms with van der Waals surface area (Å²) >= 11 is 3.18. The Morgan fingerprint density at radius 1 is 1.33 bits per heavy atom. The van der Waals surface area contributed by atoms with Crippen LogP contribution in [0.2, 0.25) is 0 Å². The molecule has 1 fully saturated rings. The van der Waals surface area contributed by atoms with Crippen LogP contribution in [0.15, 0.2) is 21.5 Å². The number of likely N-dealkylation sites (tertiary alicyclic amines) is 1. The molecule has 0 N–H and O–H groups in total. The zero-order valence-electron chi connectivity index (χ0n) is 14.2. The number of esters is 1. The smallest absolute Gasteiger partial charge is 0.410 e. The first-order valence-electron chi connectivity index (χ1n) is 7.60. The predicted molar refractivity (Wildman–Crippen MR) is 91.2 cm³/mol. The van der Waals surface area contributed by atoms with Crippen molar-refractivity contribution in [3.8, 4) is 0 Å². The third-order valence-corrected chi connectivity index (χ3v) is 4.20. The van der Waals surface area contributed by atoms with Gasteiger partial charge in [0.2, 0.25) is 0 Å². The highest BCUT2D eigenvalue weighted by molar-refractivity contribution is 9.10. The quantitative estimate of drug-likeness (QED) is 0.712. The fourth-order valence-corrected chi connectivity index (χ4v) is 2.98. The fraction of sp³-hybridized carbons (Fsp3) is 0.562. The lowest BCUT2D eigenvalue weighted by atomic mass is 10.2. The fourth-order valence-electron chi connectivity index (χ4n) is 2.53. The number of carbonyl (C=O) groups excluding carboxylic acids is 2. The summed E-state index contributed by atoms with van der Waals surface area (Å²) in [5.74, 6) is -0.522. The van der Waals surface area contributed by atoms with Gasteiger partial charge in [-0.25, -0.2) is 9.59 Å². The van der Waals surface area contributed by atoms with Crippen LogP contribution in [-0.2, 0) is 9.47 Å². The van der Waals surface area contributed by atoms with E-state index in [1.807, 2.05) is 0 Å². The molecule has 1 aromatic heterocycles. The van der Waals surface area contributed by atoms with E-state index in [0.717, 1.165) is 0 Å². The second-order valence-electron chi connectivity index (χ2n) is 6.65. The van der Waals surface area contributed by atoms with Crippen molar-refractivity contribution in [1.82, 2.24) is 9.47 Å². The van der Waals surface area contributed by atoms with E-state index < -0.39 is 17.7 Å². The van der Waals surface area contributed by atoms with E-state index in [0.29, 0.717) is 19.5 Å². The molecule has 2 rings (SSSR count). The lowest BCUT2D eigenvalue weighted by molar-refractivity contribution is 0.0288. The second kappa shape index (κ2) is 6.96. The van der Waals surface area contributed by atoms with Gasteiger partial charge in [0.25, 0.3) is 5.56 Å². The zero-order chi connectivity index (χ0) is 18.1. The zero-order valence-corrected chi connectivity index (χ0v) is 15.8. The Morgan fingerprint density at radius 2 is 2.00 bits per heavy atom. The van der Waals surface area contributed by atoms with Gasteiger partial charge in [-0.15, -0.1) is 0 Å². The molecule has 0 aromatic carbocycles. The van der Waals surface area contributed by atoms with Crippen molar-refractivity contribution in [2.45, 2.75) is 38.8 Å². The topological polar surface area (TPSA) is 77.8 Å². The number of ether oxygens (including phenoxy) is 2. The van der Waals surface area contributed by atoms with E-state index in [1.165, 1.54) is 23.9 Å². The molecule has 1 aliphatic heterocycles. The van der Waals surface area contributed by atoms with E-state index in [4.69, 9.17) is 9.47 Å². The predicted octanol–water partition coefficient (Wildman–Crippen LogP) is 2.58. The number of amides is 1. The van der Waals surface area contributed by atoms with E-state index in [2.05, 4.69) is 15.9 Å². The molecule has 0 bridgehead atoms. The van der Waals surface area contributed by atoms with Crippen LogP contribution in [0, 0.1) is 0 Å². The van der Waals surface area contributed by atoms with Crippen LogP contribution in [0.1, 0.15) is 43.6 Å². The van der Waals surface area contributed by atoms with Gasteiger partial charge in [0.1, 0.15) is 5.60 Å². The summed E-state index contributed by atoms with van der Waals surface area (Å²) in [6.07, 6.45) is 1.68. The number of nitrogens with zero attached hydrogens (tertiary/aromatic N) is 2. The molecule has 0 spiro atoms. The normalized spacial score (nSPS) is 17.7. The van der Waals surface area contributed by atoms with Gasteiger partial charge >= 0.3 is 12.1 Å². The first-order chi connectivity index (χ1) is 11.1. The molecule has 1 aromatic rings. The van der Waals surface area contributed by atoms with Crippen molar-refractivity contribution < 1.29 is 19.1 Å². The van der Waals surface area contributed by atoms with Gasteiger partial charge in [-0.1, -0.05) is 0 Å². The maximum Gasteiger partial charge on any atom is 0.410 e. The summed E-state index contributed by atoms with van der Waals surface area (Å²) in [5, 5.41) is 0. The van der Waals surface area contributed by atoms with Crippen LogP contribution in [-0.4, -0.2) is 47.3 Å². The lowest BCUT2D eigenvalue weighted by Gasteiger charge is -2.24. The molecule has 7 nitrogen and oxygen atoms in total. The highest BCUT2D eigenvalue weighted by Crippen LogP contribution is 2.23. The molecule has 1 aliphatic rings. The highest BCUT2D eigenvalue weighted by atomic mass is 79.9. The Bertz CT molecular complexity index is 707. The van der Waals surface area contributed by atoms with Crippen molar-refractivity contribution in [2.24, 2.45) is 0 Å². The number of halogens is 1. The van der Waals surface area contributed by atoms with Crippen LogP contribution >= 0.6 is 15.9 Å². The third kappa shape index (κ3) is 4.17. The van der Waals surface area contributed by atoms with Gasteiger partial charge in [-0.3, -0.25) is 4.79 Å². The Kier molecular flexibility index (Phi) is 5.37. The van der Waals surface area contributed by atoms with E-state index in [-0.39, 0.29) is 21.6 Å². The summed E-state index contributed by atoms with van der Waals surface area (Å²) in [5.41, 5.74) is -0.543. The molecule has 24 heavy (non-hydrogen) atoms. The van der Waals surface area contributed by atoms with E-state index in [9.17, 15) is 14.4 Å². The van der Waals surface area contributed by atoms with Crippen molar-refractivity contribution in [3.05, 3.63) is 32.7 Å². The van der Waals surface area contributed by atoms with Gasteiger partial charge in [-0.2, -0.15) is 0 Å². The molecule has 132 valence electrons. The average molecular weight is 401 g/mol. The molecule has 1 amide bonds. The minimum atomic E-state index is -0.570. The number of carbonyl (C=O) groups is 2. The maximum absolute atomic E-state index is 12.4. The minimum absolute atomic E-state index is 0.217. The molecule has 1 atom stereocenters. The van der Waals surface area contributed by atoms with Gasteiger partial charge in [0.15, 0.2) is 0 Å². The molecular weight excluding hydrogens is 380 g/mol. The largest absolute Gasteiger partial charge is 0.465 e. The first-order valence-corrected chi connectivity index (χ1v) is 8.39. The molecule has 0 unspecified atom stereocenters. The summed E-state index contributed by atoms with van der Waals surface area (Å²) in [6, 6.07) is 1.22. The van der Waals surface area contributed by atoms with Gasteiger partial charge < -0.3 is 18.9 Å². The molecular formula is C16H21BrN2O5. The maximum atomic E-state index is 12.4. The monoisotopic (exact) mass is 400 g/mol. The van der Waals surface area contributed by atoms with E-state index in [1.54, 1.807) is 25.7 Å². The summed E-state index contributed by atoms with van der Waals surface area (Å²) in [7, 11) is 1.28. The number of aromatic nitrogens is 1. The van der Waals surface area contributed by atoms with Gasteiger partial charge in [0, 0.05) is 19.3 Å². The Hall–Kier alpha value is -1.83. The van der Waals surface area contributed by atoms with Gasteiger partial charge in [0.05, 0.1) is 23.2 Å². The van der Waals surface area contributed by atoms with Crippen molar-refractivity contribution in [1.29, 1.82) is 0 Å². The van der Waals surface area contributed by atoms with Crippen molar-refractivity contribution in [2.75, 3.05) is 20.2 Å². The Morgan fingerprint density at radius 3 is 2.58 bits per heavy atom. The number of rotatable bonds is 2. The highest BCUT2D eigenvalue weighted by Gasteiger charge is 2.31.